The molecule has 5 nitrogen and oxygen atoms in total. The van der Waals surface area contributed by atoms with Crippen molar-refractivity contribution in [1.29, 1.82) is 0 Å². The Kier molecular flexibility index (Phi) is 6.63. The van der Waals surface area contributed by atoms with Gasteiger partial charge in [0.25, 0.3) is 5.91 Å². The number of nitrogens with zero attached hydrogens (tertiary/aromatic N) is 1. The zero-order valence-electron chi connectivity index (χ0n) is 18.4. The fourth-order valence-electron chi connectivity index (χ4n) is 4.20. The van der Waals surface area contributed by atoms with E-state index in [4.69, 9.17) is 9.47 Å². The largest absolute Gasteiger partial charge is 0.494 e. The van der Waals surface area contributed by atoms with Gasteiger partial charge in [-0.15, -0.1) is 11.3 Å². The molecule has 3 heterocycles. The van der Waals surface area contributed by atoms with Gasteiger partial charge in [-0.3, -0.25) is 4.79 Å². The number of nitrogens with one attached hydrogen (secondary N) is 1. The molecular weight excluding hydrogens is 453 g/mol. The van der Waals surface area contributed by atoms with Crippen molar-refractivity contribution in [3.8, 4) is 5.75 Å². The second-order valence-electron chi connectivity index (χ2n) is 8.14. The molecule has 176 valence electrons. The third kappa shape index (κ3) is 4.84. The summed E-state index contributed by atoms with van der Waals surface area (Å²) in [6, 6.07) is 10.2. The summed E-state index contributed by atoms with van der Waals surface area (Å²) in [5, 5.41) is 3.59. The number of benzene rings is 1. The van der Waals surface area contributed by atoms with Gasteiger partial charge < -0.3 is 14.8 Å². The topological polar surface area (TPSA) is 60.5 Å². The van der Waals surface area contributed by atoms with Crippen LogP contribution in [-0.4, -0.2) is 37.3 Å². The normalized spacial score (nSPS) is 16.0. The number of carbonyl (C=O) groups is 1. The lowest BCUT2D eigenvalue weighted by Gasteiger charge is -2.38. The van der Waals surface area contributed by atoms with Crippen LogP contribution < -0.4 is 10.1 Å². The summed E-state index contributed by atoms with van der Waals surface area (Å²) >= 11 is 0.987. The molecule has 0 saturated carbocycles. The average Bonchev–Trinajstić information content (AvgIpc) is 3.14. The van der Waals surface area contributed by atoms with E-state index in [2.05, 4.69) is 10.3 Å². The van der Waals surface area contributed by atoms with Crippen LogP contribution in [0.15, 0.2) is 36.4 Å². The van der Waals surface area contributed by atoms with E-state index in [1.807, 2.05) is 31.2 Å². The maximum Gasteiger partial charge on any atom is 0.433 e. The van der Waals surface area contributed by atoms with Crippen molar-refractivity contribution in [2.75, 3.05) is 26.4 Å². The first-order valence-corrected chi connectivity index (χ1v) is 11.6. The van der Waals surface area contributed by atoms with E-state index in [0.29, 0.717) is 42.2 Å². The van der Waals surface area contributed by atoms with E-state index in [9.17, 15) is 18.0 Å². The summed E-state index contributed by atoms with van der Waals surface area (Å²) in [5.74, 6) is 0.486. The van der Waals surface area contributed by atoms with Crippen LogP contribution in [0.2, 0.25) is 0 Å². The Hall–Kier alpha value is -2.65. The first-order chi connectivity index (χ1) is 15.7. The van der Waals surface area contributed by atoms with Gasteiger partial charge in [0.05, 0.1) is 11.5 Å². The first kappa shape index (κ1) is 23.5. The molecule has 1 amide bonds. The van der Waals surface area contributed by atoms with Gasteiger partial charge in [0.2, 0.25) is 0 Å². The molecule has 1 aliphatic rings. The van der Waals surface area contributed by atoms with Gasteiger partial charge in [-0.25, -0.2) is 4.98 Å². The minimum Gasteiger partial charge on any atom is -0.494 e. The van der Waals surface area contributed by atoms with Crippen molar-refractivity contribution in [3.63, 3.8) is 0 Å². The molecule has 0 bridgehead atoms. The molecule has 1 saturated heterocycles. The second-order valence-corrected chi connectivity index (χ2v) is 9.13. The van der Waals surface area contributed by atoms with Gasteiger partial charge >= 0.3 is 6.18 Å². The Bertz CT molecular complexity index is 1140. The minimum atomic E-state index is -4.53. The molecule has 0 atom stereocenters. The summed E-state index contributed by atoms with van der Waals surface area (Å²) in [5.41, 5.74) is 0.486. The van der Waals surface area contributed by atoms with Crippen molar-refractivity contribution >= 4 is 27.5 Å². The molecule has 33 heavy (non-hydrogen) atoms. The molecule has 0 unspecified atom stereocenters. The predicted molar refractivity (Wildman–Crippen MR) is 121 cm³/mol. The average molecular weight is 479 g/mol. The van der Waals surface area contributed by atoms with E-state index in [1.54, 1.807) is 6.92 Å². The van der Waals surface area contributed by atoms with Crippen molar-refractivity contribution in [3.05, 3.63) is 58.1 Å². The maximum atomic E-state index is 13.1. The van der Waals surface area contributed by atoms with Gasteiger partial charge in [0.1, 0.15) is 16.3 Å². The van der Waals surface area contributed by atoms with Crippen molar-refractivity contribution in [2.45, 2.75) is 38.3 Å². The number of hydrogen-bond donors (Lipinski definition) is 1. The van der Waals surface area contributed by atoms with Gasteiger partial charge in [0, 0.05) is 30.6 Å². The van der Waals surface area contributed by atoms with Crippen LogP contribution in [-0.2, 0) is 16.3 Å². The number of rotatable bonds is 6. The van der Waals surface area contributed by atoms with E-state index < -0.39 is 11.9 Å². The second kappa shape index (κ2) is 9.30. The molecule has 0 spiro atoms. The van der Waals surface area contributed by atoms with Crippen LogP contribution in [0.25, 0.3) is 10.2 Å². The number of alkyl halides is 3. The smallest absolute Gasteiger partial charge is 0.433 e. The van der Waals surface area contributed by atoms with Crippen molar-refractivity contribution in [1.82, 2.24) is 10.3 Å². The molecule has 1 aliphatic heterocycles. The van der Waals surface area contributed by atoms with Gasteiger partial charge in [-0.2, -0.15) is 13.2 Å². The van der Waals surface area contributed by atoms with E-state index in [0.717, 1.165) is 41.6 Å². The zero-order valence-corrected chi connectivity index (χ0v) is 19.2. The molecule has 1 aromatic carbocycles. The van der Waals surface area contributed by atoms with Crippen LogP contribution in [0.5, 0.6) is 5.75 Å². The summed E-state index contributed by atoms with van der Waals surface area (Å²) < 4.78 is 50.2. The standard InChI is InChI=1S/C24H25F3N2O3S/c1-3-32-17-6-4-16(5-7-17)23(10-12-31-13-11-23)14-28-21(30)20-15(2)18-8-9-19(24(25,26)27)29-22(18)33-20/h4-9H,3,10-14H2,1-2H3,(H,28,30). The lowest BCUT2D eigenvalue weighted by atomic mass is 9.74. The lowest BCUT2D eigenvalue weighted by Crippen LogP contribution is -2.44. The van der Waals surface area contributed by atoms with Crippen molar-refractivity contribution in [2.24, 2.45) is 0 Å². The minimum absolute atomic E-state index is 0.208. The third-order valence-corrected chi connectivity index (χ3v) is 7.32. The fraction of sp³-hybridized carbons (Fsp3) is 0.417. The summed E-state index contributed by atoms with van der Waals surface area (Å²) in [6.45, 7) is 5.84. The molecular formula is C24H25F3N2O3S. The van der Waals surface area contributed by atoms with Crippen LogP contribution >= 0.6 is 11.3 Å². The first-order valence-electron chi connectivity index (χ1n) is 10.8. The molecule has 0 radical (unpaired) electrons. The number of thiophene rings is 1. The van der Waals surface area contributed by atoms with Crippen molar-refractivity contribution < 1.29 is 27.4 Å². The molecule has 1 N–H and O–H groups in total. The summed E-state index contributed by atoms with van der Waals surface area (Å²) in [4.78, 5) is 17.4. The van der Waals surface area contributed by atoms with Gasteiger partial charge in [0.15, 0.2) is 0 Å². The Balaban J connectivity index is 1.56. The Labute approximate surface area is 193 Å². The number of halogens is 3. The number of ether oxygens (including phenoxy) is 2. The third-order valence-electron chi connectivity index (χ3n) is 6.12. The lowest BCUT2D eigenvalue weighted by molar-refractivity contribution is -0.140. The summed E-state index contributed by atoms with van der Waals surface area (Å²) in [7, 11) is 0. The summed E-state index contributed by atoms with van der Waals surface area (Å²) in [6.07, 6.45) is -3.02. The number of amides is 1. The molecule has 9 heteroatoms. The molecule has 2 aromatic heterocycles. The highest BCUT2D eigenvalue weighted by atomic mass is 32.1. The number of aromatic nitrogens is 1. The highest BCUT2D eigenvalue weighted by molar-refractivity contribution is 7.20. The number of aryl methyl sites for hydroxylation is 1. The quantitative estimate of drug-likeness (QED) is 0.508. The highest BCUT2D eigenvalue weighted by Crippen LogP contribution is 2.37. The van der Waals surface area contributed by atoms with Crippen LogP contribution in [0.4, 0.5) is 13.2 Å². The Morgan fingerprint density at radius 1 is 1.18 bits per heavy atom. The van der Waals surface area contributed by atoms with Crippen LogP contribution in [0.3, 0.4) is 0 Å². The SMILES string of the molecule is CCOc1ccc(C2(CNC(=O)c3sc4nc(C(F)(F)F)ccc4c3C)CCOCC2)cc1. The number of pyridine rings is 1. The molecule has 1 fully saturated rings. The number of hydrogen-bond acceptors (Lipinski definition) is 5. The van der Waals surface area contributed by atoms with E-state index in [-0.39, 0.29) is 16.2 Å². The van der Waals surface area contributed by atoms with Gasteiger partial charge in [-0.05, 0) is 62.1 Å². The zero-order chi connectivity index (χ0) is 23.6. The van der Waals surface area contributed by atoms with Crippen LogP contribution in [0, 0.1) is 6.92 Å². The van der Waals surface area contributed by atoms with E-state index in [1.165, 1.54) is 6.07 Å². The monoisotopic (exact) mass is 478 g/mol. The van der Waals surface area contributed by atoms with Gasteiger partial charge in [-0.1, -0.05) is 12.1 Å². The highest BCUT2D eigenvalue weighted by Gasteiger charge is 2.36. The predicted octanol–water partition coefficient (Wildman–Crippen LogP) is 5.50. The molecule has 0 aliphatic carbocycles. The van der Waals surface area contributed by atoms with Crippen LogP contribution in [0.1, 0.15) is 46.3 Å². The Morgan fingerprint density at radius 2 is 1.88 bits per heavy atom. The number of fused-ring (bicyclic) bond motifs is 1. The Morgan fingerprint density at radius 3 is 2.52 bits per heavy atom. The maximum absolute atomic E-state index is 13.1. The van der Waals surface area contributed by atoms with E-state index >= 15 is 0 Å². The molecule has 3 aromatic rings. The molecule has 4 rings (SSSR count). The number of carbonyl (C=O) groups excluding carboxylic acids is 1. The fourth-order valence-corrected chi connectivity index (χ4v) is 5.30.